The Balaban J connectivity index is 1.82. The smallest absolute Gasteiger partial charge is 0.453 e. The molecule has 0 aliphatic heterocycles. The number of phenols is 1. The monoisotopic (exact) mass is 484 g/mol. The summed E-state index contributed by atoms with van der Waals surface area (Å²) in [5.74, 6) is -2.63. The highest BCUT2D eigenvalue weighted by Crippen LogP contribution is 2.39. The van der Waals surface area contributed by atoms with Gasteiger partial charge in [-0.05, 0) is 38.1 Å². The van der Waals surface area contributed by atoms with Crippen LogP contribution in [0.25, 0.3) is 11.0 Å². The van der Waals surface area contributed by atoms with Crippen LogP contribution in [0, 0.1) is 6.92 Å². The predicted molar refractivity (Wildman–Crippen MR) is 126 cm³/mol. The molecule has 4 rings (SSSR count). The van der Waals surface area contributed by atoms with E-state index in [1.807, 2.05) is 44.2 Å². The lowest BCUT2D eigenvalue weighted by Gasteiger charge is -2.20. The fraction of sp³-hybridized carbons (Fsp3) is 0.222. The van der Waals surface area contributed by atoms with E-state index < -0.39 is 23.1 Å². The molecule has 0 aliphatic carbocycles. The lowest BCUT2D eigenvalue weighted by molar-refractivity contribution is -0.925. The molecule has 0 fully saturated rings. The van der Waals surface area contributed by atoms with Crippen LogP contribution in [0.2, 0.25) is 0 Å². The number of phenolic OH excluding ortho intramolecular Hbond substituents is 1. The molecular weight excluding hydrogens is 459 g/mol. The van der Waals surface area contributed by atoms with Crippen molar-refractivity contribution in [1.29, 1.82) is 0 Å². The van der Waals surface area contributed by atoms with Gasteiger partial charge in [0.2, 0.25) is 11.2 Å². The molecule has 8 heteroatoms. The van der Waals surface area contributed by atoms with Crippen molar-refractivity contribution in [2.45, 2.75) is 33.1 Å². The van der Waals surface area contributed by atoms with Crippen LogP contribution in [0.1, 0.15) is 29.4 Å². The Hall–Kier alpha value is -3.78. The van der Waals surface area contributed by atoms with Gasteiger partial charge in [0.1, 0.15) is 24.6 Å². The van der Waals surface area contributed by atoms with Gasteiger partial charge in [0, 0.05) is 5.56 Å². The number of aromatic hydroxyl groups is 1. The summed E-state index contributed by atoms with van der Waals surface area (Å²) < 4.78 is 52.7. The van der Waals surface area contributed by atoms with Crippen LogP contribution >= 0.6 is 0 Å². The molecule has 3 aromatic carbocycles. The number of fused-ring (bicyclic) bond motifs is 1. The summed E-state index contributed by atoms with van der Waals surface area (Å²) in [6.45, 7) is 5.13. The molecule has 35 heavy (non-hydrogen) atoms. The van der Waals surface area contributed by atoms with E-state index in [1.165, 1.54) is 24.3 Å². The van der Waals surface area contributed by atoms with Crippen molar-refractivity contribution in [3.63, 3.8) is 0 Å². The lowest BCUT2D eigenvalue weighted by Crippen LogP contribution is -3.09. The molecule has 0 amide bonds. The number of benzene rings is 3. The van der Waals surface area contributed by atoms with Gasteiger partial charge in [-0.15, -0.1) is 0 Å². The first-order chi connectivity index (χ1) is 16.7. The van der Waals surface area contributed by atoms with Gasteiger partial charge in [-0.25, -0.2) is 0 Å². The average Bonchev–Trinajstić information content (AvgIpc) is 2.83. The molecule has 0 aliphatic rings. The van der Waals surface area contributed by atoms with Crippen molar-refractivity contribution in [3.8, 4) is 17.2 Å². The maximum absolute atomic E-state index is 14.0. The summed E-state index contributed by atoms with van der Waals surface area (Å²) in [5, 5.41) is 10.5. The zero-order valence-electron chi connectivity index (χ0n) is 19.3. The molecule has 0 radical (unpaired) electrons. The highest BCUT2D eigenvalue weighted by atomic mass is 19.4. The number of rotatable bonds is 7. The molecule has 1 aromatic heterocycles. The van der Waals surface area contributed by atoms with Gasteiger partial charge in [0.05, 0.1) is 17.5 Å². The third-order valence-corrected chi connectivity index (χ3v) is 5.82. The standard InChI is InChI=1S/C27H24F3NO4/c1-3-31(15-18-7-5-4-6-8-18)16-21-22(32)14-13-20-23(33)25(26(27(28,29)30)35-24(20)21)34-19-11-9-17(2)10-12-19/h4-14,32H,3,15-16H2,1-2H3/p+1. The number of aryl methyl sites for hydroxylation is 1. The quantitative estimate of drug-likeness (QED) is 0.378. The first-order valence-electron chi connectivity index (χ1n) is 11.2. The summed E-state index contributed by atoms with van der Waals surface area (Å²) in [6.07, 6.45) is -4.99. The number of hydrogen-bond donors (Lipinski definition) is 2. The van der Waals surface area contributed by atoms with Crippen LogP contribution in [0.4, 0.5) is 13.2 Å². The third-order valence-electron chi connectivity index (χ3n) is 5.82. The summed E-state index contributed by atoms with van der Waals surface area (Å²) in [7, 11) is 0. The van der Waals surface area contributed by atoms with Crippen LogP contribution in [0.15, 0.2) is 75.9 Å². The van der Waals surface area contributed by atoms with Crippen molar-refractivity contribution in [1.82, 2.24) is 0 Å². The van der Waals surface area contributed by atoms with E-state index in [9.17, 15) is 23.1 Å². The molecule has 0 saturated heterocycles. The van der Waals surface area contributed by atoms with E-state index in [1.54, 1.807) is 12.1 Å². The molecule has 0 saturated carbocycles. The Morgan fingerprint density at radius 1 is 0.971 bits per heavy atom. The van der Waals surface area contributed by atoms with Gasteiger partial charge >= 0.3 is 6.18 Å². The van der Waals surface area contributed by atoms with Gasteiger partial charge in [0.15, 0.2) is 5.58 Å². The maximum Gasteiger partial charge on any atom is 0.453 e. The number of hydrogen-bond acceptors (Lipinski definition) is 4. The lowest BCUT2D eigenvalue weighted by atomic mass is 10.1. The van der Waals surface area contributed by atoms with Crippen molar-refractivity contribution in [2.24, 2.45) is 0 Å². The summed E-state index contributed by atoms with van der Waals surface area (Å²) in [5.41, 5.74) is 0.812. The fourth-order valence-corrected chi connectivity index (χ4v) is 3.91. The van der Waals surface area contributed by atoms with Crippen LogP contribution in [0.5, 0.6) is 17.2 Å². The molecule has 1 heterocycles. The van der Waals surface area contributed by atoms with Crippen molar-refractivity contribution in [2.75, 3.05) is 6.54 Å². The first kappa shape index (κ1) is 24.3. The van der Waals surface area contributed by atoms with Gasteiger partial charge < -0.3 is 19.2 Å². The van der Waals surface area contributed by atoms with E-state index in [-0.39, 0.29) is 34.6 Å². The van der Waals surface area contributed by atoms with Gasteiger partial charge in [-0.3, -0.25) is 4.79 Å². The highest BCUT2D eigenvalue weighted by Gasteiger charge is 2.41. The number of quaternary nitrogens is 1. The largest absolute Gasteiger partial charge is 0.507 e. The van der Waals surface area contributed by atoms with Gasteiger partial charge in [0.25, 0.3) is 5.76 Å². The fourth-order valence-electron chi connectivity index (χ4n) is 3.91. The molecule has 182 valence electrons. The Bertz CT molecular complexity index is 1380. The van der Waals surface area contributed by atoms with Crippen LogP contribution in [-0.2, 0) is 19.3 Å². The Labute approximate surface area is 200 Å². The Morgan fingerprint density at radius 3 is 2.29 bits per heavy atom. The predicted octanol–water partition coefficient (Wildman–Crippen LogP) is 5.22. The Kier molecular flexibility index (Phi) is 6.84. The molecule has 4 aromatic rings. The molecule has 0 bridgehead atoms. The number of halogens is 3. The molecule has 1 atom stereocenters. The van der Waals surface area contributed by atoms with Crippen molar-refractivity contribution < 1.29 is 32.3 Å². The number of nitrogens with one attached hydrogen (secondary N) is 1. The summed E-state index contributed by atoms with van der Waals surface area (Å²) in [4.78, 5) is 14.2. The van der Waals surface area contributed by atoms with Crippen LogP contribution < -0.4 is 15.1 Å². The van der Waals surface area contributed by atoms with Crippen molar-refractivity contribution in [3.05, 3.63) is 99.4 Å². The molecule has 0 spiro atoms. The topological polar surface area (TPSA) is 64.1 Å². The number of ether oxygens (including phenoxy) is 1. The second kappa shape index (κ2) is 9.84. The van der Waals surface area contributed by atoms with E-state index in [0.717, 1.165) is 16.0 Å². The first-order valence-corrected chi connectivity index (χ1v) is 11.2. The molecule has 2 N–H and O–H groups in total. The zero-order chi connectivity index (χ0) is 25.2. The molecular formula is C27H25F3NO4+. The highest BCUT2D eigenvalue weighted by molar-refractivity contribution is 5.83. The summed E-state index contributed by atoms with van der Waals surface area (Å²) >= 11 is 0. The second-order valence-electron chi connectivity index (χ2n) is 8.38. The van der Waals surface area contributed by atoms with E-state index >= 15 is 0 Å². The summed E-state index contributed by atoms with van der Waals surface area (Å²) in [6, 6.07) is 18.5. The minimum Gasteiger partial charge on any atom is -0.507 e. The van der Waals surface area contributed by atoms with Crippen LogP contribution in [-0.4, -0.2) is 11.7 Å². The van der Waals surface area contributed by atoms with Gasteiger partial charge in [-0.1, -0.05) is 48.0 Å². The van der Waals surface area contributed by atoms with E-state index in [0.29, 0.717) is 13.1 Å². The third kappa shape index (κ3) is 5.33. The Morgan fingerprint density at radius 2 is 1.66 bits per heavy atom. The minimum absolute atomic E-state index is 0.0798. The second-order valence-corrected chi connectivity index (χ2v) is 8.38. The average molecular weight is 484 g/mol. The normalized spacial score (nSPS) is 12.6. The van der Waals surface area contributed by atoms with E-state index in [2.05, 4.69) is 0 Å². The van der Waals surface area contributed by atoms with Crippen molar-refractivity contribution >= 4 is 11.0 Å². The molecule has 1 unspecified atom stereocenters. The minimum atomic E-state index is -4.99. The number of alkyl halides is 3. The maximum atomic E-state index is 14.0. The van der Waals surface area contributed by atoms with E-state index in [4.69, 9.17) is 9.15 Å². The van der Waals surface area contributed by atoms with Crippen LogP contribution in [0.3, 0.4) is 0 Å². The SMILES string of the molecule is CC[NH+](Cc1ccccc1)Cc1c(O)ccc2c(=O)c(Oc3ccc(C)cc3)c(C(F)(F)F)oc12. The molecule has 5 nitrogen and oxygen atoms in total. The van der Waals surface area contributed by atoms with Gasteiger partial charge in [-0.2, -0.15) is 13.2 Å². The zero-order valence-corrected chi connectivity index (χ0v) is 19.3.